The third kappa shape index (κ3) is 2.47. The molecule has 19 heavy (non-hydrogen) atoms. The predicted molar refractivity (Wildman–Crippen MR) is 58.8 cm³/mol. The van der Waals surface area contributed by atoms with Crippen LogP contribution in [-0.2, 0) is 6.18 Å². The molecule has 0 bridgehead atoms. The first-order valence-electron chi connectivity index (χ1n) is 5.05. The van der Waals surface area contributed by atoms with Crippen molar-refractivity contribution in [3.63, 3.8) is 0 Å². The Labute approximate surface area is 105 Å². The zero-order chi connectivity index (χ0) is 14.0. The molecular formula is C12H6F3N3O. The number of phenolic OH excluding ortho intramolecular Hbond substituents is 1. The van der Waals surface area contributed by atoms with E-state index in [0.29, 0.717) is 6.07 Å². The Morgan fingerprint density at radius 1 is 1.21 bits per heavy atom. The maximum atomic E-state index is 12.8. The van der Waals surface area contributed by atoms with Gasteiger partial charge >= 0.3 is 6.18 Å². The molecule has 96 valence electrons. The van der Waals surface area contributed by atoms with Crippen molar-refractivity contribution in [3.05, 3.63) is 41.7 Å². The second kappa shape index (κ2) is 4.57. The van der Waals surface area contributed by atoms with Crippen molar-refractivity contribution in [1.29, 1.82) is 5.26 Å². The molecule has 0 aliphatic heterocycles. The summed E-state index contributed by atoms with van der Waals surface area (Å²) < 4.78 is 38.3. The molecule has 1 aromatic carbocycles. The van der Waals surface area contributed by atoms with Gasteiger partial charge in [0.2, 0.25) is 0 Å². The van der Waals surface area contributed by atoms with Gasteiger partial charge in [-0.3, -0.25) is 0 Å². The molecule has 0 fully saturated rings. The molecule has 1 aromatic heterocycles. The minimum Gasteiger partial charge on any atom is -0.507 e. The normalized spacial score (nSPS) is 11.1. The zero-order valence-electron chi connectivity index (χ0n) is 9.31. The maximum Gasteiger partial charge on any atom is 0.420 e. The second-order valence-corrected chi connectivity index (χ2v) is 3.66. The number of halogens is 3. The first-order chi connectivity index (χ1) is 8.93. The molecule has 1 heterocycles. The third-order valence-corrected chi connectivity index (χ3v) is 2.44. The minimum absolute atomic E-state index is 0.110. The molecule has 0 aliphatic rings. The smallest absolute Gasteiger partial charge is 0.420 e. The van der Waals surface area contributed by atoms with Crippen LogP contribution >= 0.6 is 0 Å². The van der Waals surface area contributed by atoms with Gasteiger partial charge in [-0.2, -0.15) is 28.6 Å². The number of aromatic hydroxyl groups is 1. The Hall–Kier alpha value is -2.62. The standard InChI is InChI=1S/C12H6F3N3O/c13-12(14,15)10-4-7(5-16)3-9(11(10)19)8-1-2-17-18-6-8/h1-4,6,19H. The van der Waals surface area contributed by atoms with Crippen molar-refractivity contribution in [2.45, 2.75) is 6.18 Å². The van der Waals surface area contributed by atoms with Crippen molar-refractivity contribution in [2.24, 2.45) is 0 Å². The molecule has 0 amide bonds. The van der Waals surface area contributed by atoms with Crippen molar-refractivity contribution in [1.82, 2.24) is 10.2 Å². The van der Waals surface area contributed by atoms with Gasteiger partial charge in [0.25, 0.3) is 0 Å². The number of hydrogen-bond acceptors (Lipinski definition) is 4. The summed E-state index contributed by atoms with van der Waals surface area (Å²) >= 11 is 0. The van der Waals surface area contributed by atoms with Crippen LogP contribution in [0.2, 0.25) is 0 Å². The molecule has 2 rings (SSSR count). The zero-order valence-corrected chi connectivity index (χ0v) is 9.31. The van der Waals surface area contributed by atoms with E-state index in [4.69, 9.17) is 5.26 Å². The molecular weight excluding hydrogens is 259 g/mol. The lowest BCUT2D eigenvalue weighted by atomic mass is 9.99. The average Bonchev–Trinajstić information content (AvgIpc) is 2.38. The number of aromatic nitrogens is 2. The van der Waals surface area contributed by atoms with Gasteiger partial charge < -0.3 is 5.11 Å². The molecule has 0 spiro atoms. The predicted octanol–water partition coefficient (Wildman–Crippen LogP) is 2.74. The highest BCUT2D eigenvalue weighted by Gasteiger charge is 2.35. The van der Waals surface area contributed by atoms with Crippen molar-refractivity contribution >= 4 is 0 Å². The van der Waals surface area contributed by atoms with Crippen molar-refractivity contribution in [2.75, 3.05) is 0 Å². The molecule has 0 saturated heterocycles. The van der Waals surface area contributed by atoms with Gasteiger partial charge in [-0.1, -0.05) is 0 Å². The fraction of sp³-hybridized carbons (Fsp3) is 0.0833. The van der Waals surface area contributed by atoms with E-state index in [1.807, 2.05) is 0 Å². The lowest BCUT2D eigenvalue weighted by Gasteiger charge is -2.13. The van der Waals surface area contributed by atoms with E-state index in [-0.39, 0.29) is 16.7 Å². The number of nitrogens with zero attached hydrogens (tertiary/aromatic N) is 3. The number of hydrogen-bond donors (Lipinski definition) is 1. The lowest BCUT2D eigenvalue weighted by Crippen LogP contribution is -2.06. The topological polar surface area (TPSA) is 69.8 Å². The number of rotatable bonds is 1. The van der Waals surface area contributed by atoms with E-state index in [2.05, 4.69) is 10.2 Å². The molecule has 2 aromatic rings. The Bertz CT molecular complexity index is 648. The van der Waals surface area contributed by atoms with Crippen LogP contribution in [0.5, 0.6) is 5.75 Å². The summed E-state index contributed by atoms with van der Waals surface area (Å²) in [4.78, 5) is 0. The Morgan fingerprint density at radius 2 is 1.95 bits per heavy atom. The second-order valence-electron chi connectivity index (χ2n) is 3.66. The lowest BCUT2D eigenvalue weighted by molar-refractivity contribution is -0.138. The first-order valence-corrected chi connectivity index (χ1v) is 5.05. The molecule has 0 aliphatic carbocycles. The van der Waals surface area contributed by atoms with E-state index in [9.17, 15) is 18.3 Å². The van der Waals surface area contributed by atoms with Crippen LogP contribution in [0.1, 0.15) is 11.1 Å². The maximum absolute atomic E-state index is 12.8. The van der Waals surface area contributed by atoms with Crippen LogP contribution < -0.4 is 0 Å². The summed E-state index contributed by atoms with van der Waals surface area (Å²) in [7, 11) is 0. The van der Waals surface area contributed by atoms with Crippen molar-refractivity contribution < 1.29 is 18.3 Å². The molecule has 1 N–H and O–H groups in total. The average molecular weight is 265 g/mol. The highest BCUT2D eigenvalue weighted by Crippen LogP contribution is 2.41. The highest BCUT2D eigenvalue weighted by molar-refractivity contribution is 5.73. The van der Waals surface area contributed by atoms with Gasteiger partial charge in [0, 0.05) is 11.1 Å². The Balaban J connectivity index is 2.73. The van der Waals surface area contributed by atoms with Gasteiger partial charge in [-0.15, -0.1) is 0 Å². The SMILES string of the molecule is N#Cc1cc(-c2ccnnc2)c(O)c(C(F)(F)F)c1. The fourth-order valence-electron chi connectivity index (χ4n) is 1.59. The van der Waals surface area contributed by atoms with Crippen LogP contribution in [0.4, 0.5) is 13.2 Å². The summed E-state index contributed by atoms with van der Waals surface area (Å²) in [5.74, 6) is -0.931. The molecule has 0 saturated carbocycles. The summed E-state index contributed by atoms with van der Waals surface area (Å²) in [5.41, 5.74) is -1.31. The largest absolute Gasteiger partial charge is 0.507 e. The summed E-state index contributed by atoms with van der Waals surface area (Å²) in [5, 5.41) is 25.5. The van der Waals surface area contributed by atoms with Gasteiger partial charge in [0.05, 0.1) is 29.6 Å². The summed E-state index contributed by atoms with van der Waals surface area (Å²) in [6.07, 6.45) is -2.26. The number of phenols is 1. The van der Waals surface area contributed by atoms with Crippen molar-refractivity contribution in [3.8, 4) is 22.9 Å². The quantitative estimate of drug-likeness (QED) is 0.860. The number of nitriles is 1. The van der Waals surface area contributed by atoms with Crippen LogP contribution in [0.3, 0.4) is 0 Å². The van der Waals surface area contributed by atoms with E-state index < -0.39 is 17.5 Å². The molecule has 0 atom stereocenters. The summed E-state index contributed by atoms with van der Waals surface area (Å²) in [6.45, 7) is 0. The number of benzene rings is 1. The molecule has 4 nitrogen and oxygen atoms in total. The third-order valence-electron chi connectivity index (χ3n) is 2.44. The van der Waals surface area contributed by atoms with Crippen LogP contribution in [-0.4, -0.2) is 15.3 Å². The van der Waals surface area contributed by atoms with E-state index >= 15 is 0 Å². The van der Waals surface area contributed by atoms with Gasteiger partial charge in [0.1, 0.15) is 5.75 Å². The summed E-state index contributed by atoms with van der Waals surface area (Å²) in [6, 6.07) is 4.79. The minimum atomic E-state index is -4.74. The van der Waals surface area contributed by atoms with Crippen LogP contribution in [0.25, 0.3) is 11.1 Å². The van der Waals surface area contributed by atoms with E-state index in [1.54, 1.807) is 6.07 Å². The van der Waals surface area contributed by atoms with E-state index in [1.165, 1.54) is 24.5 Å². The molecule has 7 heteroatoms. The number of alkyl halides is 3. The fourth-order valence-corrected chi connectivity index (χ4v) is 1.59. The van der Waals surface area contributed by atoms with Crippen LogP contribution in [0, 0.1) is 11.3 Å². The van der Waals surface area contributed by atoms with Gasteiger partial charge in [-0.25, -0.2) is 0 Å². The monoisotopic (exact) mass is 265 g/mol. The van der Waals surface area contributed by atoms with E-state index in [0.717, 1.165) is 0 Å². The molecule has 0 radical (unpaired) electrons. The highest BCUT2D eigenvalue weighted by atomic mass is 19.4. The van der Waals surface area contributed by atoms with Gasteiger partial charge in [-0.05, 0) is 18.2 Å². The first kappa shape index (κ1) is 12.8. The Morgan fingerprint density at radius 3 is 2.47 bits per heavy atom. The van der Waals surface area contributed by atoms with Gasteiger partial charge in [0.15, 0.2) is 0 Å². The molecule has 0 unspecified atom stereocenters. The Kier molecular flexibility index (Phi) is 3.09. The van der Waals surface area contributed by atoms with Crippen LogP contribution in [0.15, 0.2) is 30.6 Å².